The van der Waals surface area contributed by atoms with Crippen molar-refractivity contribution in [1.82, 2.24) is 5.32 Å². The van der Waals surface area contributed by atoms with Crippen LogP contribution in [-0.2, 0) is 13.0 Å². The van der Waals surface area contributed by atoms with Crippen molar-refractivity contribution in [3.8, 4) is 5.75 Å². The molecule has 1 heterocycles. The Balaban J connectivity index is 2.12. The molecule has 0 atom stereocenters. The number of hydrogen-bond acceptors (Lipinski definition) is 2. The van der Waals surface area contributed by atoms with Crippen LogP contribution in [0.3, 0.4) is 0 Å². The van der Waals surface area contributed by atoms with Gasteiger partial charge in [-0.1, -0.05) is 19.1 Å². The minimum absolute atomic E-state index is 0.847. The minimum atomic E-state index is 0.847. The molecule has 70 valence electrons. The highest BCUT2D eigenvalue weighted by Gasteiger charge is 2.11. The van der Waals surface area contributed by atoms with E-state index in [2.05, 4.69) is 30.4 Å². The summed E-state index contributed by atoms with van der Waals surface area (Å²) in [6, 6.07) is 6.50. The SMILES string of the molecule is CCNCc1ccc2c(c1)OCC2. The number of nitrogens with one attached hydrogen (secondary N) is 1. The third-order valence-electron chi connectivity index (χ3n) is 2.34. The van der Waals surface area contributed by atoms with Crippen LogP contribution < -0.4 is 10.1 Å². The highest BCUT2D eigenvalue weighted by Crippen LogP contribution is 2.25. The molecule has 2 heteroatoms. The summed E-state index contributed by atoms with van der Waals surface area (Å²) in [7, 11) is 0. The molecule has 0 saturated carbocycles. The van der Waals surface area contributed by atoms with Crippen LogP contribution in [0.2, 0.25) is 0 Å². The Labute approximate surface area is 78.9 Å². The lowest BCUT2D eigenvalue weighted by molar-refractivity contribution is 0.356. The van der Waals surface area contributed by atoms with Gasteiger partial charge in [0.15, 0.2) is 0 Å². The van der Waals surface area contributed by atoms with E-state index < -0.39 is 0 Å². The summed E-state index contributed by atoms with van der Waals surface area (Å²) < 4.78 is 5.49. The molecule has 0 bridgehead atoms. The lowest BCUT2D eigenvalue weighted by Crippen LogP contribution is -2.11. The van der Waals surface area contributed by atoms with Gasteiger partial charge in [0, 0.05) is 13.0 Å². The van der Waals surface area contributed by atoms with Gasteiger partial charge in [-0.2, -0.15) is 0 Å². The van der Waals surface area contributed by atoms with E-state index in [-0.39, 0.29) is 0 Å². The Kier molecular flexibility index (Phi) is 2.50. The molecule has 0 amide bonds. The fourth-order valence-corrected chi connectivity index (χ4v) is 1.59. The summed E-state index contributed by atoms with van der Waals surface area (Å²) in [4.78, 5) is 0. The molecule has 13 heavy (non-hydrogen) atoms. The van der Waals surface area contributed by atoms with Crippen molar-refractivity contribution >= 4 is 0 Å². The predicted octanol–water partition coefficient (Wildman–Crippen LogP) is 1.73. The van der Waals surface area contributed by atoms with Crippen LogP contribution in [0.25, 0.3) is 0 Å². The summed E-state index contributed by atoms with van der Waals surface area (Å²) in [5.41, 5.74) is 2.66. The smallest absolute Gasteiger partial charge is 0.122 e. The molecule has 1 aliphatic rings. The Morgan fingerprint density at radius 3 is 3.23 bits per heavy atom. The zero-order valence-electron chi connectivity index (χ0n) is 7.97. The van der Waals surface area contributed by atoms with E-state index in [9.17, 15) is 0 Å². The molecule has 1 aromatic carbocycles. The number of rotatable bonds is 3. The maximum atomic E-state index is 5.49. The Hall–Kier alpha value is -1.02. The Morgan fingerprint density at radius 1 is 1.46 bits per heavy atom. The molecular weight excluding hydrogens is 162 g/mol. The van der Waals surface area contributed by atoms with E-state index in [1.165, 1.54) is 11.1 Å². The second kappa shape index (κ2) is 3.79. The molecule has 2 rings (SSSR count). The fourth-order valence-electron chi connectivity index (χ4n) is 1.59. The van der Waals surface area contributed by atoms with Crippen molar-refractivity contribution in [3.05, 3.63) is 29.3 Å². The van der Waals surface area contributed by atoms with E-state index in [0.29, 0.717) is 0 Å². The second-order valence-corrected chi connectivity index (χ2v) is 3.32. The molecule has 0 aliphatic carbocycles. The topological polar surface area (TPSA) is 21.3 Å². The average Bonchev–Trinajstić information content (AvgIpc) is 2.61. The van der Waals surface area contributed by atoms with Crippen LogP contribution in [0.1, 0.15) is 18.1 Å². The van der Waals surface area contributed by atoms with Gasteiger partial charge in [-0.05, 0) is 23.7 Å². The Morgan fingerprint density at radius 2 is 2.38 bits per heavy atom. The van der Waals surface area contributed by atoms with Gasteiger partial charge in [0.1, 0.15) is 5.75 Å². The molecule has 1 aromatic rings. The number of fused-ring (bicyclic) bond motifs is 1. The van der Waals surface area contributed by atoms with Crippen LogP contribution in [0.15, 0.2) is 18.2 Å². The first-order chi connectivity index (χ1) is 6.40. The van der Waals surface area contributed by atoms with Gasteiger partial charge in [0.2, 0.25) is 0 Å². The maximum absolute atomic E-state index is 5.49. The summed E-state index contributed by atoms with van der Waals surface area (Å²) in [6.45, 7) is 4.91. The number of ether oxygens (including phenoxy) is 1. The normalized spacial score (nSPS) is 13.9. The fraction of sp³-hybridized carbons (Fsp3) is 0.455. The van der Waals surface area contributed by atoms with Crippen molar-refractivity contribution in [1.29, 1.82) is 0 Å². The average molecular weight is 177 g/mol. The molecular formula is C11H15NO. The summed E-state index contributed by atoms with van der Waals surface area (Å²) in [5, 5.41) is 3.30. The van der Waals surface area contributed by atoms with Gasteiger partial charge in [-0.3, -0.25) is 0 Å². The quantitative estimate of drug-likeness (QED) is 0.759. The highest BCUT2D eigenvalue weighted by molar-refractivity contribution is 5.39. The lowest BCUT2D eigenvalue weighted by atomic mass is 10.1. The summed E-state index contributed by atoms with van der Waals surface area (Å²) >= 11 is 0. The zero-order valence-corrected chi connectivity index (χ0v) is 7.97. The van der Waals surface area contributed by atoms with Gasteiger partial charge in [-0.25, -0.2) is 0 Å². The van der Waals surface area contributed by atoms with Gasteiger partial charge in [0.25, 0.3) is 0 Å². The molecule has 0 fully saturated rings. The first kappa shape index (κ1) is 8.57. The van der Waals surface area contributed by atoms with E-state index in [1.807, 2.05) is 0 Å². The Bertz CT molecular complexity index is 296. The van der Waals surface area contributed by atoms with Gasteiger partial charge in [0.05, 0.1) is 6.61 Å². The van der Waals surface area contributed by atoms with Crippen molar-refractivity contribution in [2.24, 2.45) is 0 Å². The van der Waals surface area contributed by atoms with Gasteiger partial charge in [-0.15, -0.1) is 0 Å². The van der Waals surface area contributed by atoms with Crippen molar-refractivity contribution in [2.45, 2.75) is 19.9 Å². The van der Waals surface area contributed by atoms with Gasteiger partial charge >= 0.3 is 0 Å². The van der Waals surface area contributed by atoms with E-state index in [0.717, 1.165) is 31.9 Å². The molecule has 0 aromatic heterocycles. The standard InChI is InChI=1S/C11H15NO/c1-2-12-8-9-3-4-10-5-6-13-11(10)7-9/h3-4,7,12H,2,5-6,8H2,1H3. The molecule has 0 spiro atoms. The van der Waals surface area contributed by atoms with Crippen LogP contribution in [0, 0.1) is 0 Å². The molecule has 0 saturated heterocycles. The third-order valence-corrected chi connectivity index (χ3v) is 2.34. The third kappa shape index (κ3) is 1.83. The van der Waals surface area contributed by atoms with E-state index in [4.69, 9.17) is 4.74 Å². The summed E-state index contributed by atoms with van der Waals surface area (Å²) in [6.07, 6.45) is 1.07. The molecule has 2 nitrogen and oxygen atoms in total. The largest absolute Gasteiger partial charge is 0.493 e. The predicted molar refractivity (Wildman–Crippen MR) is 53.0 cm³/mol. The monoisotopic (exact) mass is 177 g/mol. The first-order valence-electron chi connectivity index (χ1n) is 4.85. The van der Waals surface area contributed by atoms with Gasteiger partial charge < -0.3 is 10.1 Å². The zero-order chi connectivity index (χ0) is 9.10. The van der Waals surface area contributed by atoms with Crippen LogP contribution in [0.4, 0.5) is 0 Å². The lowest BCUT2D eigenvalue weighted by Gasteiger charge is -2.04. The van der Waals surface area contributed by atoms with E-state index >= 15 is 0 Å². The molecule has 0 radical (unpaired) electrons. The van der Waals surface area contributed by atoms with Crippen LogP contribution in [-0.4, -0.2) is 13.2 Å². The van der Waals surface area contributed by atoms with Crippen molar-refractivity contribution < 1.29 is 4.74 Å². The van der Waals surface area contributed by atoms with E-state index in [1.54, 1.807) is 0 Å². The van der Waals surface area contributed by atoms with Crippen LogP contribution >= 0.6 is 0 Å². The minimum Gasteiger partial charge on any atom is -0.493 e. The maximum Gasteiger partial charge on any atom is 0.122 e. The molecule has 1 aliphatic heterocycles. The number of benzene rings is 1. The van der Waals surface area contributed by atoms with Crippen molar-refractivity contribution in [2.75, 3.05) is 13.2 Å². The van der Waals surface area contributed by atoms with Crippen molar-refractivity contribution in [3.63, 3.8) is 0 Å². The first-order valence-corrected chi connectivity index (χ1v) is 4.85. The second-order valence-electron chi connectivity index (χ2n) is 3.32. The molecule has 0 unspecified atom stereocenters. The number of hydrogen-bond donors (Lipinski definition) is 1. The van der Waals surface area contributed by atoms with Crippen LogP contribution in [0.5, 0.6) is 5.75 Å². The molecule has 1 N–H and O–H groups in total. The highest BCUT2D eigenvalue weighted by atomic mass is 16.5. The summed E-state index contributed by atoms with van der Waals surface area (Å²) in [5.74, 6) is 1.08.